The number of likely N-dealkylation sites (N-methyl/N-ethyl adjacent to an activating group) is 1. The molecule has 5 nitrogen and oxygen atoms in total. The first-order chi connectivity index (χ1) is 9.67. The van der Waals surface area contributed by atoms with Gasteiger partial charge < -0.3 is 5.32 Å². The topological polar surface area (TPSA) is 55.6 Å². The van der Waals surface area contributed by atoms with Crippen LogP contribution in [0, 0.1) is 0 Å². The lowest BCUT2D eigenvalue weighted by atomic mass is 10.1. The Morgan fingerprint density at radius 2 is 2.20 bits per heavy atom. The van der Waals surface area contributed by atoms with Gasteiger partial charge in [-0.05, 0) is 35.0 Å². The van der Waals surface area contributed by atoms with Crippen LogP contribution in [0.25, 0.3) is 0 Å². The van der Waals surface area contributed by atoms with E-state index in [1.165, 1.54) is 5.69 Å². The van der Waals surface area contributed by atoms with Crippen LogP contribution in [-0.2, 0) is 19.9 Å². The Morgan fingerprint density at radius 3 is 2.75 bits per heavy atom. The molecule has 6 heteroatoms. The van der Waals surface area contributed by atoms with E-state index in [1.54, 1.807) is 12.5 Å². The molecule has 0 saturated heterocycles. The van der Waals surface area contributed by atoms with E-state index in [2.05, 4.69) is 50.2 Å². The first-order valence-corrected chi connectivity index (χ1v) is 7.66. The summed E-state index contributed by atoms with van der Waals surface area (Å²) in [5.41, 5.74) is 3.29. The van der Waals surface area contributed by atoms with Gasteiger partial charge in [-0.1, -0.05) is 13.8 Å². The third-order valence-electron chi connectivity index (χ3n) is 3.31. The highest BCUT2D eigenvalue weighted by molar-refractivity contribution is 9.10. The van der Waals surface area contributed by atoms with Gasteiger partial charge in [0.1, 0.15) is 6.33 Å². The Bertz CT molecular complexity index is 552. The predicted octanol–water partition coefficient (Wildman–Crippen LogP) is 2.43. The second-order valence-corrected chi connectivity index (χ2v) is 5.43. The Labute approximate surface area is 128 Å². The highest BCUT2D eigenvalue weighted by Crippen LogP contribution is 2.26. The van der Waals surface area contributed by atoms with E-state index < -0.39 is 0 Å². The molecule has 0 fully saturated rings. The molecular weight excluding hydrogens is 318 g/mol. The van der Waals surface area contributed by atoms with Gasteiger partial charge in [0.15, 0.2) is 0 Å². The summed E-state index contributed by atoms with van der Waals surface area (Å²) in [5, 5.41) is 8.02. The van der Waals surface area contributed by atoms with Crippen molar-refractivity contribution in [3.63, 3.8) is 0 Å². The molecule has 1 N–H and O–H groups in total. The quantitative estimate of drug-likeness (QED) is 0.879. The number of rotatable bonds is 6. The molecule has 2 aromatic rings. The molecule has 0 aliphatic heterocycles. The van der Waals surface area contributed by atoms with Crippen molar-refractivity contribution in [2.75, 3.05) is 6.54 Å². The van der Waals surface area contributed by atoms with Crippen molar-refractivity contribution in [2.24, 2.45) is 7.05 Å². The van der Waals surface area contributed by atoms with E-state index in [1.807, 2.05) is 17.8 Å². The normalized spacial score (nSPS) is 12.6. The fourth-order valence-electron chi connectivity index (χ4n) is 2.27. The monoisotopic (exact) mass is 337 g/mol. The molecule has 0 aliphatic rings. The van der Waals surface area contributed by atoms with Crippen molar-refractivity contribution in [1.29, 1.82) is 0 Å². The van der Waals surface area contributed by atoms with Crippen LogP contribution in [0.4, 0.5) is 0 Å². The van der Waals surface area contributed by atoms with Crippen LogP contribution < -0.4 is 5.32 Å². The van der Waals surface area contributed by atoms with E-state index in [4.69, 9.17) is 0 Å². The molecular formula is C14H20BrN5. The molecule has 2 aromatic heterocycles. The highest BCUT2D eigenvalue weighted by atomic mass is 79.9. The number of nitrogens with zero attached hydrogens (tertiary/aromatic N) is 4. The van der Waals surface area contributed by atoms with Gasteiger partial charge in [0, 0.05) is 19.7 Å². The minimum absolute atomic E-state index is 0.166. The molecule has 0 spiro atoms. The number of nitrogens with one attached hydrogen (secondary N) is 1. The third-order valence-corrected chi connectivity index (χ3v) is 4.23. The van der Waals surface area contributed by atoms with Crippen molar-refractivity contribution >= 4 is 15.9 Å². The Balaban J connectivity index is 2.27. The van der Waals surface area contributed by atoms with E-state index in [0.717, 1.165) is 35.2 Å². The van der Waals surface area contributed by atoms with E-state index in [9.17, 15) is 0 Å². The van der Waals surface area contributed by atoms with Crippen LogP contribution >= 0.6 is 15.9 Å². The van der Waals surface area contributed by atoms with Gasteiger partial charge >= 0.3 is 0 Å². The summed E-state index contributed by atoms with van der Waals surface area (Å²) in [5.74, 6) is 0. The number of hydrogen-bond donors (Lipinski definition) is 1. The van der Waals surface area contributed by atoms with E-state index in [-0.39, 0.29) is 6.04 Å². The Hall–Kier alpha value is -1.27. The lowest BCUT2D eigenvalue weighted by Gasteiger charge is -2.17. The Morgan fingerprint density at radius 1 is 1.40 bits per heavy atom. The van der Waals surface area contributed by atoms with Crippen molar-refractivity contribution in [3.05, 3.63) is 40.1 Å². The lowest BCUT2D eigenvalue weighted by Crippen LogP contribution is -2.25. The molecule has 0 radical (unpaired) electrons. The highest BCUT2D eigenvalue weighted by Gasteiger charge is 2.19. The number of aryl methyl sites for hydroxylation is 2. The molecule has 0 aromatic carbocycles. The summed E-state index contributed by atoms with van der Waals surface area (Å²) >= 11 is 3.67. The molecule has 1 unspecified atom stereocenters. The molecule has 0 bridgehead atoms. The number of halogens is 1. The van der Waals surface area contributed by atoms with Crippen molar-refractivity contribution < 1.29 is 0 Å². The van der Waals surface area contributed by atoms with Gasteiger partial charge in [0.2, 0.25) is 0 Å². The zero-order chi connectivity index (χ0) is 14.5. The van der Waals surface area contributed by atoms with Crippen LogP contribution in [0.1, 0.15) is 37.0 Å². The largest absolute Gasteiger partial charge is 0.309 e. The lowest BCUT2D eigenvalue weighted by molar-refractivity contribution is 0.515. The molecule has 1 atom stereocenters. The van der Waals surface area contributed by atoms with E-state index in [0.29, 0.717) is 0 Å². The van der Waals surface area contributed by atoms with Gasteiger partial charge in [0.25, 0.3) is 0 Å². The van der Waals surface area contributed by atoms with Crippen molar-refractivity contribution in [1.82, 2.24) is 25.1 Å². The standard InChI is InChI=1S/C14H20BrN5/c1-4-10-14(15)13(20(3)19-10)8-12(17-5-2)11-6-7-16-9-18-11/h6-7,9,12,17H,4-5,8H2,1-3H3. The summed E-state index contributed by atoms with van der Waals surface area (Å²) in [7, 11) is 1.99. The molecule has 0 amide bonds. The fraction of sp³-hybridized carbons (Fsp3) is 0.500. The van der Waals surface area contributed by atoms with Crippen LogP contribution in [0.5, 0.6) is 0 Å². The maximum absolute atomic E-state index is 4.54. The Kier molecular flexibility index (Phi) is 5.25. The van der Waals surface area contributed by atoms with Gasteiger partial charge in [-0.25, -0.2) is 9.97 Å². The molecule has 2 rings (SSSR count). The van der Waals surface area contributed by atoms with Gasteiger partial charge in [-0.3, -0.25) is 4.68 Å². The smallest absolute Gasteiger partial charge is 0.115 e. The maximum atomic E-state index is 4.54. The zero-order valence-electron chi connectivity index (χ0n) is 12.1. The summed E-state index contributed by atoms with van der Waals surface area (Å²) in [6.45, 7) is 5.11. The number of hydrogen-bond acceptors (Lipinski definition) is 4. The molecule has 2 heterocycles. The average molecular weight is 338 g/mol. The zero-order valence-corrected chi connectivity index (χ0v) is 13.7. The first-order valence-electron chi connectivity index (χ1n) is 6.86. The minimum atomic E-state index is 0.166. The SMILES string of the molecule is CCNC(Cc1c(Br)c(CC)nn1C)c1ccncn1. The molecule has 0 aliphatic carbocycles. The second-order valence-electron chi connectivity index (χ2n) is 4.63. The summed E-state index contributed by atoms with van der Waals surface area (Å²) in [6, 6.07) is 2.12. The number of aromatic nitrogens is 4. The third kappa shape index (κ3) is 3.24. The van der Waals surface area contributed by atoms with Gasteiger partial charge in [-0.15, -0.1) is 0 Å². The van der Waals surface area contributed by atoms with Crippen molar-refractivity contribution in [2.45, 2.75) is 32.7 Å². The van der Waals surface area contributed by atoms with Crippen LogP contribution in [0.3, 0.4) is 0 Å². The van der Waals surface area contributed by atoms with Crippen molar-refractivity contribution in [3.8, 4) is 0 Å². The molecule has 20 heavy (non-hydrogen) atoms. The summed E-state index contributed by atoms with van der Waals surface area (Å²) in [4.78, 5) is 8.34. The van der Waals surface area contributed by atoms with Gasteiger partial charge in [0.05, 0.1) is 27.6 Å². The summed E-state index contributed by atoms with van der Waals surface area (Å²) in [6.07, 6.45) is 5.14. The molecule has 0 saturated carbocycles. The van der Waals surface area contributed by atoms with Crippen LogP contribution in [0.15, 0.2) is 23.1 Å². The van der Waals surface area contributed by atoms with E-state index >= 15 is 0 Å². The predicted molar refractivity (Wildman–Crippen MR) is 82.4 cm³/mol. The first kappa shape index (κ1) is 15.1. The van der Waals surface area contributed by atoms with Crippen LogP contribution in [-0.4, -0.2) is 26.3 Å². The second kappa shape index (κ2) is 6.95. The maximum Gasteiger partial charge on any atom is 0.115 e. The minimum Gasteiger partial charge on any atom is -0.309 e. The summed E-state index contributed by atoms with van der Waals surface area (Å²) < 4.78 is 3.06. The molecule has 108 valence electrons. The van der Waals surface area contributed by atoms with Gasteiger partial charge in [-0.2, -0.15) is 5.10 Å². The van der Waals surface area contributed by atoms with Crippen LogP contribution in [0.2, 0.25) is 0 Å². The fourth-order valence-corrected chi connectivity index (χ4v) is 3.05. The average Bonchev–Trinajstić information content (AvgIpc) is 2.75.